The number of benzene rings is 1. The van der Waals surface area contributed by atoms with Gasteiger partial charge in [-0.25, -0.2) is 4.98 Å². The highest BCUT2D eigenvalue weighted by atomic mass is 79.9. The highest BCUT2D eigenvalue weighted by molar-refractivity contribution is 9.09. The first kappa shape index (κ1) is 32.9. The molecule has 0 radical (unpaired) electrons. The van der Waals surface area contributed by atoms with Crippen molar-refractivity contribution in [1.29, 1.82) is 0 Å². The van der Waals surface area contributed by atoms with Gasteiger partial charge in [0.05, 0.1) is 29.4 Å². The van der Waals surface area contributed by atoms with Crippen molar-refractivity contribution >= 4 is 80.2 Å². The van der Waals surface area contributed by atoms with Crippen LogP contribution in [0.2, 0.25) is 5.02 Å². The number of phenols is 1. The van der Waals surface area contributed by atoms with E-state index < -0.39 is 74.7 Å². The lowest BCUT2D eigenvalue weighted by Gasteiger charge is -2.50. The number of likely N-dealkylation sites (tertiary alicyclic amines) is 1. The summed E-state index contributed by atoms with van der Waals surface area (Å²) in [6.45, 7) is 0. The Balaban J connectivity index is 1.48. The van der Waals surface area contributed by atoms with Gasteiger partial charge in [-0.2, -0.15) is 18.2 Å². The quantitative estimate of drug-likeness (QED) is 0.190. The van der Waals surface area contributed by atoms with E-state index in [1.807, 2.05) is 0 Å². The summed E-state index contributed by atoms with van der Waals surface area (Å²) in [4.78, 5) is 56.0. The van der Waals surface area contributed by atoms with Crippen LogP contribution in [-0.2, 0) is 25.4 Å². The molecule has 2 aromatic rings. The Morgan fingerprint density at radius 1 is 1.11 bits per heavy atom. The second-order valence-corrected chi connectivity index (χ2v) is 13.6. The monoisotopic (exact) mass is 764 g/mol. The molecule has 6 atom stereocenters. The number of fused-ring (bicyclic) bond motifs is 4. The number of nitrogens with zero attached hydrogens (tertiary/aromatic N) is 4. The number of imide groups is 2. The average Bonchev–Trinajstić information content (AvgIpc) is 3.34. The van der Waals surface area contributed by atoms with Crippen LogP contribution in [0.3, 0.4) is 0 Å². The minimum atomic E-state index is -4.82. The van der Waals surface area contributed by atoms with Crippen LogP contribution >= 0.6 is 50.7 Å². The first-order valence-corrected chi connectivity index (χ1v) is 16.0. The first-order valence-electron chi connectivity index (χ1n) is 13.7. The van der Waals surface area contributed by atoms with E-state index in [1.54, 1.807) is 6.08 Å². The molecule has 2 aliphatic heterocycles. The summed E-state index contributed by atoms with van der Waals surface area (Å²) >= 11 is 23.7. The van der Waals surface area contributed by atoms with Crippen LogP contribution in [0.4, 0.5) is 19.0 Å². The fourth-order valence-electron chi connectivity index (χ4n) is 7.23. The second-order valence-electron chi connectivity index (χ2n) is 11.4. The number of ether oxygens (including phenoxy) is 1. The molecule has 2 aliphatic carbocycles. The predicted octanol–water partition coefficient (Wildman–Crippen LogP) is 5.23. The van der Waals surface area contributed by atoms with E-state index in [2.05, 4.69) is 20.9 Å². The lowest BCUT2D eigenvalue weighted by Crippen LogP contribution is -2.60. The summed E-state index contributed by atoms with van der Waals surface area (Å²) in [7, 11) is 2.53. The number of hydrogen-bond acceptors (Lipinski definition) is 8. The molecule has 3 heterocycles. The van der Waals surface area contributed by atoms with Crippen LogP contribution in [0, 0.1) is 17.8 Å². The standard InChI is InChI=1S/C29H23BrCl3F3N4O6/c1-38(22-17(31)7-8-19(37-22)29(34,35)36)40-23(42)15-6-5-13-16(20(15)24(40)43)10-27(32)25(44)39(11-30)26(45)28(27,33)21(13)14-4-3-12(41)9-18(14)46-2/h3-5,7-9,15-16,20-21,41H,6,10-11H2,1-2H3/t15-,16+,20-,21+,27+,28-/m0/s1. The highest BCUT2D eigenvalue weighted by Gasteiger charge is 2.76. The molecule has 1 aromatic carbocycles. The summed E-state index contributed by atoms with van der Waals surface area (Å²) in [6.07, 6.45) is -3.45. The van der Waals surface area contributed by atoms with Crippen LogP contribution in [0.25, 0.3) is 0 Å². The second kappa shape index (κ2) is 11.0. The number of alkyl halides is 6. The molecule has 46 heavy (non-hydrogen) atoms. The van der Waals surface area contributed by atoms with E-state index in [9.17, 15) is 37.5 Å². The number of carbonyl (C=O) groups is 4. The molecule has 17 heteroatoms. The van der Waals surface area contributed by atoms with E-state index in [1.165, 1.54) is 32.4 Å². The number of aromatic nitrogens is 1. The molecule has 0 bridgehead atoms. The van der Waals surface area contributed by atoms with Crippen LogP contribution in [0.15, 0.2) is 42.0 Å². The number of amides is 4. The van der Waals surface area contributed by atoms with Gasteiger partial charge in [0, 0.05) is 24.6 Å². The van der Waals surface area contributed by atoms with Gasteiger partial charge >= 0.3 is 6.18 Å². The molecule has 2 saturated heterocycles. The number of aromatic hydroxyl groups is 1. The first-order chi connectivity index (χ1) is 21.5. The van der Waals surface area contributed by atoms with Gasteiger partial charge in [-0.3, -0.25) is 29.1 Å². The van der Waals surface area contributed by atoms with Gasteiger partial charge in [0.2, 0.25) is 0 Å². The Morgan fingerprint density at radius 2 is 1.80 bits per heavy atom. The summed E-state index contributed by atoms with van der Waals surface area (Å²) in [5.74, 6) is -7.78. The molecule has 1 saturated carbocycles. The molecule has 244 valence electrons. The Morgan fingerprint density at radius 3 is 2.43 bits per heavy atom. The number of hydrazine groups is 1. The van der Waals surface area contributed by atoms with E-state index in [4.69, 9.17) is 39.5 Å². The smallest absolute Gasteiger partial charge is 0.433 e. The third kappa shape index (κ3) is 4.39. The number of methoxy groups -OCH3 is 1. The van der Waals surface area contributed by atoms with Crippen LogP contribution in [0.5, 0.6) is 11.5 Å². The summed E-state index contributed by atoms with van der Waals surface area (Å²) < 4.78 is 46.0. The van der Waals surface area contributed by atoms with Gasteiger partial charge in [-0.1, -0.05) is 45.2 Å². The van der Waals surface area contributed by atoms with Gasteiger partial charge in [-0.15, -0.1) is 23.2 Å². The number of carbonyl (C=O) groups excluding carboxylic acids is 4. The van der Waals surface area contributed by atoms with Crippen molar-refractivity contribution in [3.63, 3.8) is 0 Å². The van der Waals surface area contributed by atoms with E-state index in [0.29, 0.717) is 22.2 Å². The SMILES string of the molecule is COc1cc(O)ccc1[C@H]1C2=CC[C@@H]3C(=O)N(N(C)c4nc(C(F)(F)F)ccc4Cl)C(=O)[C@@H]3[C@@H]2C[C@@]2(Cl)C(=O)N(CBr)C(=O)[C@@]12Cl. The van der Waals surface area contributed by atoms with Crippen molar-refractivity contribution in [2.24, 2.45) is 17.8 Å². The number of allylic oxidation sites excluding steroid dienone is 2. The number of anilines is 1. The van der Waals surface area contributed by atoms with Crippen LogP contribution < -0.4 is 9.75 Å². The van der Waals surface area contributed by atoms with Gasteiger partial charge in [0.1, 0.15) is 17.2 Å². The van der Waals surface area contributed by atoms with Crippen LogP contribution in [-0.4, -0.2) is 73.0 Å². The molecule has 1 N–H and O–H groups in total. The fraction of sp³-hybridized carbons (Fsp3) is 0.414. The molecule has 10 nitrogen and oxygen atoms in total. The molecule has 4 amide bonds. The van der Waals surface area contributed by atoms with Crippen molar-refractivity contribution in [1.82, 2.24) is 14.9 Å². The summed E-state index contributed by atoms with van der Waals surface area (Å²) in [5.41, 5.74) is -0.739. The molecule has 3 fully saturated rings. The number of pyridine rings is 1. The maximum Gasteiger partial charge on any atom is 0.433 e. The van der Waals surface area contributed by atoms with Gasteiger partial charge in [-0.05, 0) is 37.0 Å². The topological polar surface area (TPSA) is 120 Å². The van der Waals surface area contributed by atoms with E-state index >= 15 is 0 Å². The number of halogens is 7. The third-order valence-corrected chi connectivity index (χ3v) is 11.5. The zero-order chi connectivity index (χ0) is 33.7. The lowest BCUT2D eigenvalue weighted by atomic mass is 9.56. The molecular weight excluding hydrogens is 744 g/mol. The van der Waals surface area contributed by atoms with Crippen molar-refractivity contribution in [2.75, 3.05) is 24.6 Å². The Hall–Kier alpha value is -3.07. The Kier molecular flexibility index (Phi) is 7.85. The number of hydrogen-bond donors (Lipinski definition) is 1. The van der Waals surface area contributed by atoms with Crippen molar-refractivity contribution in [2.45, 2.75) is 34.7 Å². The predicted molar refractivity (Wildman–Crippen MR) is 163 cm³/mol. The minimum Gasteiger partial charge on any atom is -0.508 e. The number of rotatable bonds is 5. The zero-order valence-corrected chi connectivity index (χ0v) is 27.7. The van der Waals surface area contributed by atoms with Gasteiger partial charge in [0.15, 0.2) is 15.6 Å². The third-order valence-electron chi connectivity index (χ3n) is 9.24. The normalized spacial score (nSPS) is 30.7. The summed E-state index contributed by atoms with van der Waals surface area (Å²) in [5, 5.41) is 11.5. The maximum atomic E-state index is 14.2. The van der Waals surface area contributed by atoms with Gasteiger partial charge in [0.25, 0.3) is 23.6 Å². The van der Waals surface area contributed by atoms with Crippen molar-refractivity contribution in [3.05, 3.63) is 58.3 Å². The van der Waals surface area contributed by atoms with E-state index in [-0.39, 0.29) is 34.8 Å². The molecule has 4 aliphatic rings. The minimum absolute atomic E-state index is 0.00137. The lowest BCUT2D eigenvalue weighted by molar-refractivity contribution is -0.142. The molecule has 0 unspecified atom stereocenters. The Labute approximate surface area is 283 Å². The van der Waals surface area contributed by atoms with Crippen molar-refractivity contribution in [3.8, 4) is 11.5 Å². The fourth-order valence-corrected chi connectivity index (χ4v) is 8.87. The molecular formula is C29H23BrCl3F3N4O6. The summed E-state index contributed by atoms with van der Waals surface area (Å²) in [6, 6.07) is 5.77. The zero-order valence-electron chi connectivity index (χ0n) is 23.8. The van der Waals surface area contributed by atoms with E-state index in [0.717, 1.165) is 16.0 Å². The number of phenolic OH excluding ortho intramolecular Hbond substituents is 1. The largest absolute Gasteiger partial charge is 0.508 e. The molecule has 6 rings (SSSR count). The van der Waals surface area contributed by atoms with Crippen LogP contribution in [0.1, 0.15) is 30.0 Å². The van der Waals surface area contributed by atoms with Crippen molar-refractivity contribution < 1.29 is 42.2 Å². The molecule has 0 spiro atoms. The highest BCUT2D eigenvalue weighted by Crippen LogP contribution is 2.66. The molecule has 1 aromatic heterocycles. The Bertz CT molecular complexity index is 1750. The maximum absolute atomic E-state index is 14.2. The average molecular weight is 767 g/mol. The van der Waals surface area contributed by atoms with Gasteiger partial charge < -0.3 is 9.84 Å².